The van der Waals surface area contributed by atoms with Crippen molar-refractivity contribution >= 4 is 11.9 Å². The molecule has 0 bridgehead atoms. The van der Waals surface area contributed by atoms with E-state index in [1.807, 2.05) is 0 Å². The summed E-state index contributed by atoms with van der Waals surface area (Å²) < 4.78 is 5.84. The first kappa shape index (κ1) is 19.2. The molecule has 3 aliphatic rings. The Labute approximate surface area is 175 Å². The van der Waals surface area contributed by atoms with Gasteiger partial charge in [0.25, 0.3) is 5.91 Å². The minimum Gasteiger partial charge on any atom is -0.461 e. The monoisotopic (exact) mass is 409 g/mol. The minimum atomic E-state index is -0.452. The number of cyclic esters (lactones) is 1. The van der Waals surface area contributed by atoms with Gasteiger partial charge in [0.05, 0.1) is 5.41 Å². The lowest BCUT2D eigenvalue weighted by Crippen LogP contribution is -2.45. The maximum atomic E-state index is 12.8. The standard InChI is InChI=1S/C22H27N5O3/c28-20(19-23-15-24-25-19)27-10-7-22(8-11-27)12-18(30-21(22)29)14-26-9-3-6-16-4-1-2-5-17(16)13-26/h1-2,4-5,15,18H,3,6-14H2,(H,23,24,25). The average Bonchev–Trinajstić information content (AvgIpc) is 3.33. The van der Waals surface area contributed by atoms with Crippen LogP contribution in [0.2, 0.25) is 0 Å². The number of benzene rings is 1. The van der Waals surface area contributed by atoms with Crippen molar-refractivity contribution in [3.05, 3.63) is 47.5 Å². The van der Waals surface area contributed by atoms with Crippen LogP contribution in [0, 0.1) is 5.41 Å². The molecule has 30 heavy (non-hydrogen) atoms. The summed E-state index contributed by atoms with van der Waals surface area (Å²) in [6.07, 6.45) is 5.53. The Morgan fingerprint density at radius 1 is 1.20 bits per heavy atom. The maximum Gasteiger partial charge on any atom is 0.312 e. The number of fused-ring (bicyclic) bond motifs is 1. The second-order valence-corrected chi connectivity index (χ2v) is 8.75. The molecule has 8 nitrogen and oxygen atoms in total. The number of rotatable bonds is 3. The maximum absolute atomic E-state index is 12.8. The highest BCUT2D eigenvalue weighted by molar-refractivity contribution is 5.90. The molecule has 158 valence electrons. The quantitative estimate of drug-likeness (QED) is 0.778. The van der Waals surface area contributed by atoms with Crippen molar-refractivity contribution in [3.8, 4) is 0 Å². The number of aromatic nitrogens is 3. The highest BCUT2D eigenvalue weighted by Crippen LogP contribution is 2.43. The zero-order valence-electron chi connectivity index (χ0n) is 17.0. The molecule has 1 atom stereocenters. The van der Waals surface area contributed by atoms with Crippen LogP contribution in [-0.2, 0) is 22.5 Å². The molecule has 1 spiro atoms. The predicted octanol–water partition coefficient (Wildman–Crippen LogP) is 1.79. The SMILES string of the molecule is O=C(c1ncn[nH]1)N1CCC2(CC1)CC(CN1CCCc3ccccc3C1)OC2=O. The fourth-order valence-corrected chi connectivity index (χ4v) is 5.16. The fourth-order valence-electron chi connectivity index (χ4n) is 5.16. The number of hydrogen-bond acceptors (Lipinski definition) is 6. The van der Waals surface area contributed by atoms with Crippen LogP contribution < -0.4 is 0 Å². The van der Waals surface area contributed by atoms with Gasteiger partial charge in [-0.25, -0.2) is 4.98 Å². The number of carbonyl (C=O) groups excluding carboxylic acids is 2. The molecule has 1 aromatic carbocycles. The van der Waals surface area contributed by atoms with E-state index in [-0.39, 0.29) is 23.8 Å². The third kappa shape index (κ3) is 3.60. The number of H-pyrrole nitrogens is 1. The number of ether oxygens (including phenoxy) is 1. The van der Waals surface area contributed by atoms with Crippen molar-refractivity contribution in [2.45, 2.75) is 44.8 Å². The predicted molar refractivity (Wildman–Crippen MR) is 108 cm³/mol. The number of amides is 1. The van der Waals surface area contributed by atoms with Crippen LogP contribution in [-0.4, -0.2) is 69.1 Å². The first-order valence-electron chi connectivity index (χ1n) is 10.8. The van der Waals surface area contributed by atoms with E-state index in [2.05, 4.69) is 44.3 Å². The van der Waals surface area contributed by atoms with Gasteiger partial charge in [-0.05, 0) is 43.4 Å². The van der Waals surface area contributed by atoms with Crippen LogP contribution in [0.1, 0.15) is 47.4 Å². The van der Waals surface area contributed by atoms with Gasteiger partial charge in [0.15, 0.2) is 0 Å². The van der Waals surface area contributed by atoms with Gasteiger partial charge in [0.1, 0.15) is 12.4 Å². The number of hydrogen-bond donors (Lipinski definition) is 1. The van der Waals surface area contributed by atoms with Crippen LogP contribution >= 0.6 is 0 Å². The Hall–Kier alpha value is -2.74. The summed E-state index contributed by atoms with van der Waals surface area (Å²) in [5.74, 6) is 0.00209. The molecule has 0 aliphatic carbocycles. The second-order valence-electron chi connectivity index (χ2n) is 8.75. The topological polar surface area (TPSA) is 91.4 Å². The molecule has 1 aromatic heterocycles. The molecule has 8 heteroatoms. The molecular weight excluding hydrogens is 382 g/mol. The first-order chi connectivity index (χ1) is 14.6. The van der Waals surface area contributed by atoms with Crippen LogP contribution in [0.25, 0.3) is 0 Å². The van der Waals surface area contributed by atoms with Crippen molar-refractivity contribution in [3.63, 3.8) is 0 Å². The number of nitrogens with zero attached hydrogens (tertiary/aromatic N) is 4. The molecule has 2 fully saturated rings. The lowest BCUT2D eigenvalue weighted by atomic mass is 9.76. The Kier molecular flexibility index (Phi) is 5.02. The Bertz CT molecular complexity index is 921. The van der Waals surface area contributed by atoms with Crippen molar-refractivity contribution in [2.24, 2.45) is 5.41 Å². The van der Waals surface area contributed by atoms with Crippen LogP contribution in [0.5, 0.6) is 0 Å². The minimum absolute atomic E-state index is 0.0701. The lowest BCUT2D eigenvalue weighted by molar-refractivity contribution is -0.151. The van der Waals surface area contributed by atoms with Gasteiger partial charge >= 0.3 is 5.97 Å². The number of carbonyl (C=O) groups is 2. The Balaban J connectivity index is 1.20. The molecule has 1 amide bonds. The van der Waals surface area contributed by atoms with Gasteiger partial charge in [-0.3, -0.25) is 19.6 Å². The van der Waals surface area contributed by atoms with Crippen LogP contribution in [0.3, 0.4) is 0 Å². The summed E-state index contributed by atoms with van der Waals surface area (Å²) in [6, 6.07) is 8.63. The van der Waals surface area contributed by atoms with Gasteiger partial charge < -0.3 is 9.64 Å². The number of aromatic amines is 1. The summed E-state index contributed by atoms with van der Waals surface area (Å²) in [6.45, 7) is 3.80. The zero-order valence-corrected chi connectivity index (χ0v) is 17.0. The molecule has 2 saturated heterocycles. The number of piperidine rings is 1. The average molecular weight is 409 g/mol. The van der Waals surface area contributed by atoms with Gasteiger partial charge in [0.2, 0.25) is 5.82 Å². The van der Waals surface area contributed by atoms with Crippen LogP contribution in [0.15, 0.2) is 30.6 Å². The normalized spacial score (nSPS) is 23.8. The zero-order chi connectivity index (χ0) is 20.6. The van der Waals surface area contributed by atoms with E-state index in [1.165, 1.54) is 17.5 Å². The Morgan fingerprint density at radius 3 is 2.77 bits per heavy atom. The molecule has 4 heterocycles. The van der Waals surface area contributed by atoms with Crippen molar-refractivity contribution in [1.29, 1.82) is 0 Å². The third-order valence-electron chi connectivity index (χ3n) is 6.85. The molecule has 2 aromatic rings. The molecule has 5 rings (SSSR count). The van der Waals surface area contributed by atoms with Gasteiger partial charge in [0, 0.05) is 32.6 Å². The summed E-state index contributed by atoms with van der Waals surface area (Å²) in [7, 11) is 0. The fraction of sp³-hybridized carbons (Fsp3) is 0.545. The van der Waals surface area contributed by atoms with E-state index in [4.69, 9.17) is 4.74 Å². The summed E-state index contributed by atoms with van der Waals surface area (Å²) in [5, 5.41) is 6.36. The highest BCUT2D eigenvalue weighted by Gasteiger charge is 2.51. The summed E-state index contributed by atoms with van der Waals surface area (Å²) in [5.41, 5.74) is 2.36. The van der Waals surface area contributed by atoms with E-state index >= 15 is 0 Å². The van der Waals surface area contributed by atoms with Gasteiger partial charge in [-0.1, -0.05) is 24.3 Å². The lowest BCUT2D eigenvalue weighted by Gasteiger charge is -2.36. The van der Waals surface area contributed by atoms with Crippen molar-refractivity contribution < 1.29 is 14.3 Å². The van der Waals surface area contributed by atoms with Crippen molar-refractivity contribution in [1.82, 2.24) is 25.0 Å². The summed E-state index contributed by atoms with van der Waals surface area (Å²) >= 11 is 0. The number of aryl methyl sites for hydroxylation is 1. The molecular formula is C22H27N5O3. The third-order valence-corrected chi connectivity index (χ3v) is 6.85. The number of nitrogens with one attached hydrogen (secondary N) is 1. The first-order valence-corrected chi connectivity index (χ1v) is 10.8. The van der Waals surface area contributed by atoms with Crippen molar-refractivity contribution in [2.75, 3.05) is 26.2 Å². The molecule has 1 unspecified atom stereocenters. The molecule has 1 N–H and O–H groups in total. The molecule has 3 aliphatic heterocycles. The van der Waals surface area contributed by atoms with E-state index in [1.54, 1.807) is 4.90 Å². The highest BCUT2D eigenvalue weighted by atomic mass is 16.6. The van der Waals surface area contributed by atoms with E-state index in [0.717, 1.165) is 38.9 Å². The number of likely N-dealkylation sites (tertiary alicyclic amines) is 1. The van der Waals surface area contributed by atoms with Crippen LogP contribution in [0.4, 0.5) is 0 Å². The molecule has 0 radical (unpaired) electrons. The molecule has 0 saturated carbocycles. The van der Waals surface area contributed by atoms with Gasteiger partial charge in [-0.15, -0.1) is 0 Å². The van der Waals surface area contributed by atoms with E-state index in [9.17, 15) is 9.59 Å². The van der Waals surface area contributed by atoms with E-state index < -0.39 is 5.41 Å². The van der Waals surface area contributed by atoms with E-state index in [0.29, 0.717) is 25.9 Å². The number of esters is 1. The summed E-state index contributed by atoms with van der Waals surface area (Å²) in [4.78, 5) is 33.4. The smallest absolute Gasteiger partial charge is 0.312 e. The Morgan fingerprint density at radius 2 is 2.00 bits per heavy atom. The second kappa shape index (κ2) is 7.83. The largest absolute Gasteiger partial charge is 0.461 e. The van der Waals surface area contributed by atoms with Gasteiger partial charge in [-0.2, -0.15) is 5.10 Å².